The van der Waals surface area contributed by atoms with E-state index in [1.54, 1.807) is 12.1 Å². The summed E-state index contributed by atoms with van der Waals surface area (Å²) in [6.45, 7) is 2.06. The van der Waals surface area contributed by atoms with Crippen LogP contribution in [0.15, 0.2) is 48.5 Å². The molecule has 122 valence electrons. The maximum Gasteiger partial charge on any atom is 0.241 e. The van der Waals surface area contributed by atoms with Gasteiger partial charge in [0.05, 0.1) is 12.1 Å². The summed E-state index contributed by atoms with van der Waals surface area (Å²) in [5.41, 5.74) is 9.17. The topological polar surface area (TPSA) is 68.8 Å². The van der Waals surface area contributed by atoms with Crippen LogP contribution < -0.4 is 11.1 Å². The first-order valence-corrected chi connectivity index (χ1v) is 7.91. The van der Waals surface area contributed by atoms with Crippen LogP contribution >= 0.6 is 0 Å². The summed E-state index contributed by atoms with van der Waals surface area (Å²) in [5, 5.41) is 7.69. The monoisotopic (exact) mass is 323 g/mol. The van der Waals surface area contributed by atoms with Crippen molar-refractivity contribution in [2.24, 2.45) is 0 Å². The molecule has 2 aromatic carbocycles. The molecule has 0 fully saturated rings. The minimum atomic E-state index is -0.239. The molecule has 2 atom stereocenters. The minimum absolute atomic E-state index is 0.0213. The van der Waals surface area contributed by atoms with Crippen molar-refractivity contribution in [3.63, 3.8) is 0 Å². The summed E-state index contributed by atoms with van der Waals surface area (Å²) in [7, 11) is 0. The third kappa shape index (κ3) is 2.60. The molecule has 0 spiro atoms. The summed E-state index contributed by atoms with van der Waals surface area (Å²) in [6, 6.07) is 15.0. The predicted octanol–water partition coefficient (Wildman–Crippen LogP) is 3.45. The van der Waals surface area contributed by atoms with Crippen LogP contribution in [0.25, 0.3) is 0 Å². The lowest BCUT2D eigenvalue weighted by Crippen LogP contribution is -2.28. The van der Waals surface area contributed by atoms with Gasteiger partial charge >= 0.3 is 0 Å². The molecule has 4 rings (SSSR count). The van der Waals surface area contributed by atoms with Crippen LogP contribution in [0.1, 0.15) is 35.2 Å². The smallest absolute Gasteiger partial charge is 0.241 e. The van der Waals surface area contributed by atoms with E-state index in [2.05, 4.69) is 46.6 Å². The first kappa shape index (κ1) is 14.7. The number of nitrogens with two attached hydrogens (primary N) is 1. The number of nitrogens with one attached hydrogen (secondary N) is 1. The normalized spacial score (nSPS) is 19.6. The van der Waals surface area contributed by atoms with Crippen molar-refractivity contribution in [2.45, 2.75) is 25.4 Å². The van der Waals surface area contributed by atoms with Crippen molar-refractivity contribution in [1.82, 2.24) is 14.8 Å². The van der Waals surface area contributed by atoms with Gasteiger partial charge in [0.2, 0.25) is 11.9 Å². The molecule has 3 N–H and O–H groups in total. The third-order valence-corrected chi connectivity index (χ3v) is 4.44. The van der Waals surface area contributed by atoms with Crippen LogP contribution in [0.3, 0.4) is 0 Å². The van der Waals surface area contributed by atoms with E-state index in [9.17, 15) is 4.39 Å². The zero-order valence-corrected chi connectivity index (χ0v) is 13.3. The number of nitrogen functional groups attached to an aromatic ring is 1. The summed E-state index contributed by atoms with van der Waals surface area (Å²) < 4.78 is 15.0. The average Bonchev–Trinajstić information content (AvgIpc) is 2.95. The fraction of sp³-hybridized carbons (Fsp3) is 0.222. The van der Waals surface area contributed by atoms with Gasteiger partial charge < -0.3 is 11.1 Å². The SMILES string of the molecule is Cc1ccc(C2CC(c3ccc(F)cc3)Nc3nc(N)nn32)cc1. The minimum Gasteiger partial charge on any atom is -0.366 e. The lowest BCUT2D eigenvalue weighted by molar-refractivity contribution is 0.431. The van der Waals surface area contributed by atoms with Gasteiger partial charge in [-0.3, -0.25) is 0 Å². The molecule has 0 saturated carbocycles. The number of hydrogen-bond donors (Lipinski definition) is 2. The van der Waals surface area contributed by atoms with Gasteiger partial charge in [0, 0.05) is 0 Å². The maximum absolute atomic E-state index is 13.2. The van der Waals surface area contributed by atoms with Gasteiger partial charge in [0.1, 0.15) is 5.82 Å². The standard InChI is InChI=1S/C18H18FN5/c1-11-2-4-13(5-3-11)16-10-15(12-6-8-14(19)9-7-12)21-18-22-17(20)23-24(16)18/h2-9,15-16H,10H2,1H3,(H3,20,21,22,23). The Kier molecular flexibility index (Phi) is 3.45. The molecule has 0 amide bonds. The van der Waals surface area contributed by atoms with Gasteiger partial charge in [-0.15, -0.1) is 5.10 Å². The van der Waals surface area contributed by atoms with Crippen LogP contribution in [0.2, 0.25) is 0 Å². The fourth-order valence-corrected chi connectivity index (χ4v) is 3.17. The molecule has 24 heavy (non-hydrogen) atoms. The van der Waals surface area contributed by atoms with Gasteiger partial charge in [-0.1, -0.05) is 42.0 Å². The van der Waals surface area contributed by atoms with Crippen molar-refractivity contribution >= 4 is 11.9 Å². The van der Waals surface area contributed by atoms with E-state index in [0.29, 0.717) is 5.95 Å². The van der Waals surface area contributed by atoms with Crippen LogP contribution in [-0.2, 0) is 0 Å². The van der Waals surface area contributed by atoms with Crippen LogP contribution in [0, 0.1) is 12.7 Å². The lowest BCUT2D eigenvalue weighted by atomic mass is 9.93. The van der Waals surface area contributed by atoms with Crippen molar-refractivity contribution in [3.05, 3.63) is 71.0 Å². The molecule has 0 bridgehead atoms. The average molecular weight is 323 g/mol. The van der Waals surface area contributed by atoms with Gasteiger partial charge in [-0.25, -0.2) is 9.07 Å². The Bertz CT molecular complexity index is 854. The molecule has 3 aromatic rings. The molecule has 2 heterocycles. The predicted molar refractivity (Wildman–Crippen MR) is 91.1 cm³/mol. The highest BCUT2D eigenvalue weighted by atomic mass is 19.1. The van der Waals surface area contributed by atoms with Gasteiger partial charge in [-0.05, 0) is 36.6 Å². The fourth-order valence-electron chi connectivity index (χ4n) is 3.17. The van der Waals surface area contributed by atoms with E-state index in [4.69, 9.17) is 5.73 Å². The van der Waals surface area contributed by atoms with E-state index < -0.39 is 0 Å². The highest BCUT2D eigenvalue weighted by molar-refractivity contribution is 5.41. The Balaban J connectivity index is 1.74. The molecule has 0 radical (unpaired) electrons. The number of anilines is 2. The molecule has 5 nitrogen and oxygen atoms in total. The molecule has 6 heteroatoms. The van der Waals surface area contributed by atoms with E-state index in [0.717, 1.165) is 17.5 Å². The quantitative estimate of drug-likeness (QED) is 0.758. The van der Waals surface area contributed by atoms with Crippen molar-refractivity contribution in [1.29, 1.82) is 0 Å². The largest absolute Gasteiger partial charge is 0.366 e. The molecule has 1 aliphatic heterocycles. The van der Waals surface area contributed by atoms with Crippen LogP contribution in [-0.4, -0.2) is 14.8 Å². The van der Waals surface area contributed by atoms with E-state index in [-0.39, 0.29) is 23.8 Å². The number of aryl methyl sites for hydroxylation is 1. The van der Waals surface area contributed by atoms with Crippen LogP contribution in [0.4, 0.5) is 16.3 Å². The number of halogens is 1. The van der Waals surface area contributed by atoms with E-state index >= 15 is 0 Å². The van der Waals surface area contributed by atoms with E-state index in [1.807, 2.05) is 4.68 Å². The van der Waals surface area contributed by atoms with Crippen molar-refractivity contribution < 1.29 is 4.39 Å². The lowest BCUT2D eigenvalue weighted by Gasteiger charge is -2.31. The zero-order chi connectivity index (χ0) is 16.7. The first-order valence-electron chi connectivity index (χ1n) is 7.91. The second-order valence-electron chi connectivity index (χ2n) is 6.15. The third-order valence-electron chi connectivity index (χ3n) is 4.44. The highest BCUT2D eigenvalue weighted by Gasteiger charge is 2.30. The van der Waals surface area contributed by atoms with Crippen molar-refractivity contribution in [2.75, 3.05) is 11.1 Å². The number of hydrogen-bond acceptors (Lipinski definition) is 4. The second-order valence-corrected chi connectivity index (χ2v) is 6.15. The Morgan fingerprint density at radius 2 is 1.75 bits per heavy atom. The Morgan fingerprint density at radius 3 is 2.46 bits per heavy atom. The Hall–Kier alpha value is -2.89. The van der Waals surface area contributed by atoms with E-state index in [1.165, 1.54) is 17.7 Å². The highest BCUT2D eigenvalue weighted by Crippen LogP contribution is 2.37. The zero-order valence-electron chi connectivity index (χ0n) is 13.3. The molecule has 1 aromatic heterocycles. The first-order chi connectivity index (χ1) is 11.6. The molecule has 1 aliphatic rings. The second kappa shape index (κ2) is 5.63. The van der Waals surface area contributed by atoms with Crippen molar-refractivity contribution in [3.8, 4) is 0 Å². The molecular weight excluding hydrogens is 305 g/mol. The summed E-state index contributed by atoms with van der Waals surface area (Å²) in [5.74, 6) is 0.644. The summed E-state index contributed by atoms with van der Waals surface area (Å²) >= 11 is 0. The number of rotatable bonds is 2. The van der Waals surface area contributed by atoms with Gasteiger partial charge in [0.25, 0.3) is 0 Å². The molecule has 0 aliphatic carbocycles. The summed E-state index contributed by atoms with van der Waals surface area (Å²) in [6.07, 6.45) is 0.782. The van der Waals surface area contributed by atoms with Gasteiger partial charge in [-0.2, -0.15) is 4.98 Å². The summed E-state index contributed by atoms with van der Waals surface area (Å²) in [4.78, 5) is 4.28. The molecular formula is C18H18FN5. The Labute approximate surface area is 139 Å². The maximum atomic E-state index is 13.2. The molecule has 0 saturated heterocycles. The molecule has 2 unspecified atom stereocenters. The number of aromatic nitrogens is 3. The Morgan fingerprint density at radius 1 is 1.08 bits per heavy atom. The number of fused-ring (bicyclic) bond motifs is 1. The number of benzene rings is 2. The number of nitrogens with zero attached hydrogens (tertiary/aromatic N) is 3. The van der Waals surface area contributed by atoms with Gasteiger partial charge in [0.15, 0.2) is 0 Å². The van der Waals surface area contributed by atoms with Crippen LogP contribution in [0.5, 0.6) is 0 Å².